The second-order valence-corrected chi connectivity index (χ2v) is 7.11. The number of rotatable bonds is 8. The first-order valence-electron chi connectivity index (χ1n) is 9.67. The minimum absolute atomic E-state index is 0.103. The fourth-order valence-electron chi connectivity index (χ4n) is 3.08. The first-order valence-corrected chi connectivity index (χ1v) is 9.67. The zero-order chi connectivity index (χ0) is 24.1. The Hall–Kier alpha value is -4.21. The molecular weight excluding hydrogens is 438 g/mol. The van der Waals surface area contributed by atoms with E-state index < -0.39 is 52.4 Å². The van der Waals surface area contributed by atoms with Gasteiger partial charge in [-0.15, -0.1) is 0 Å². The third-order valence-corrected chi connectivity index (χ3v) is 4.79. The number of aromatic nitrogens is 2. The number of Topliss-reactive ketones (excluding diaryl/α,β-unsaturated/α-hetero) is 2. The summed E-state index contributed by atoms with van der Waals surface area (Å²) in [5, 5.41) is 0. The lowest BCUT2D eigenvalue weighted by Gasteiger charge is -2.13. The lowest BCUT2D eigenvalue weighted by molar-refractivity contribution is -0.151. The van der Waals surface area contributed by atoms with E-state index in [1.54, 1.807) is 0 Å². The van der Waals surface area contributed by atoms with Crippen LogP contribution in [0.15, 0.2) is 64.3 Å². The predicted molar refractivity (Wildman–Crippen MR) is 112 cm³/mol. The molecule has 1 aromatic heterocycles. The summed E-state index contributed by atoms with van der Waals surface area (Å²) < 4.78 is 32.6. The predicted octanol–water partition coefficient (Wildman–Crippen LogP) is 1.70. The number of halogens is 2. The van der Waals surface area contributed by atoms with Crippen LogP contribution in [0.2, 0.25) is 0 Å². The zero-order valence-electron chi connectivity index (χ0n) is 17.4. The van der Waals surface area contributed by atoms with Crippen molar-refractivity contribution in [3.63, 3.8) is 0 Å². The van der Waals surface area contributed by atoms with E-state index >= 15 is 0 Å². The molecule has 10 heteroatoms. The van der Waals surface area contributed by atoms with Crippen molar-refractivity contribution in [3.05, 3.63) is 104 Å². The molecule has 0 bridgehead atoms. The first kappa shape index (κ1) is 23.5. The topological polar surface area (TPSA) is 104 Å². The lowest BCUT2D eigenvalue weighted by atomic mass is 10.1. The molecule has 3 aromatic rings. The van der Waals surface area contributed by atoms with Gasteiger partial charge in [0.25, 0.3) is 5.56 Å². The Morgan fingerprint density at radius 3 is 1.88 bits per heavy atom. The molecule has 0 radical (unpaired) electrons. The van der Waals surface area contributed by atoms with Crippen LogP contribution in [0.3, 0.4) is 0 Å². The summed E-state index contributed by atoms with van der Waals surface area (Å²) >= 11 is 0. The number of ether oxygens (including phenoxy) is 1. The van der Waals surface area contributed by atoms with Crippen molar-refractivity contribution in [1.82, 2.24) is 9.13 Å². The van der Waals surface area contributed by atoms with Crippen molar-refractivity contribution >= 4 is 17.5 Å². The molecule has 0 aliphatic carbocycles. The van der Waals surface area contributed by atoms with Crippen LogP contribution in [0.1, 0.15) is 27.9 Å². The summed E-state index contributed by atoms with van der Waals surface area (Å²) in [5.74, 6) is -4.36. The van der Waals surface area contributed by atoms with E-state index in [0.29, 0.717) is 11.1 Å². The highest BCUT2D eigenvalue weighted by molar-refractivity contribution is 6.38. The van der Waals surface area contributed by atoms with Gasteiger partial charge in [0, 0.05) is 6.20 Å². The molecule has 33 heavy (non-hydrogen) atoms. The summed E-state index contributed by atoms with van der Waals surface area (Å²) in [6.07, 6.45) is 0.0787. The van der Waals surface area contributed by atoms with E-state index in [0.717, 1.165) is 34.6 Å². The van der Waals surface area contributed by atoms with Crippen molar-refractivity contribution in [1.29, 1.82) is 0 Å². The van der Waals surface area contributed by atoms with Gasteiger partial charge in [-0.05, 0) is 35.4 Å². The number of esters is 1. The molecule has 0 fully saturated rings. The quantitative estimate of drug-likeness (QED) is 0.221. The highest BCUT2D eigenvalue weighted by Crippen LogP contribution is 2.07. The number of nitrogens with zero attached hydrogens (tertiary/aromatic N) is 2. The lowest BCUT2D eigenvalue weighted by Crippen LogP contribution is -2.43. The van der Waals surface area contributed by atoms with Crippen LogP contribution in [-0.4, -0.2) is 33.8 Å². The maximum Gasteiger partial charge on any atom is 0.374 e. The average Bonchev–Trinajstić information content (AvgIpc) is 2.80. The van der Waals surface area contributed by atoms with Crippen LogP contribution in [0.25, 0.3) is 0 Å². The van der Waals surface area contributed by atoms with Crippen molar-refractivity contribution in [2.45, 2.75) is 19.5 Å². The Labute approximate surface area is 185 Å². The first-order chi connectivity index (χ1) is 15.7. The van der Waals surface area contributed by atoms with E-state index in [1.807, 2.05) is 0 Å². The van der Waals surface area contributed by atoms with Gasteiger partial charge < -0.3 is 4.74 Å². The fourth-order valence-corrected chi connectivity index (χ4v) is 3.08. The van der Waals surface area contributed by atoms with Gasteiger partial charge in [-0.25, -0.2) is 18.4 Å². The third kappa shape index (κ3) is 5.53. The molecule has 0 N–H and O–H groups in total. The smallest absolute Gasteiger partial charge is 0.374 e. The van der Waals surface area contributed by atoms with Gasteiger partial charge in [-0.1, -0.05) is 24.3 Å². The summed E-state index contributed by atoms with van der Waals surface area (Å²) in [4.78, 5) is 61.8. The Balaban J connectivity index is 2.08. The van der Waals surface area contributed by atoms with E-state index in [1.165, 1.54) is 36.4 Å². The molecule has 0 aliphatic heterocycles. The average molecular weight is 456 g/mol. The van der Waals surface area contributed by atoms with Gasteiger partial charge in [0.2, 0.25) is 5.78 Å². The second-order valence-electron chi connectivity index (χ2n) is 7.11. The van der Waals surface area contributed by atoms with Crippen LogP contribution in [-0.2, 0) is 27.4 Å². The van der Waals surface area contributed by atoms with Gasteiger partial charge in [0.05, 0.1) is 32.2 Å². The maximum atomic E-state index is 13.2. The molecule has 1 heterocycles. The summed E-state index contributed by atoms with van der Waals surface area (Å²) in [7, 11) is 0.975. The minimum Gasteiger partial charge on any atom is -0.463 e. The normalized spacial score (nSPS) is 10.6. The number of carbonyl (C=O) groups is 3. The van der Waals surface area contributed by atoms with E-state index in [9.17, 15) is 32.8 Å². The zero-order valence-corrected chi connectivity index (χ0v) is 17.4. The van der Waals surface area contributed by atoms with Gasteiger partial charge in [-0.3, -0.25) is 23.5 Å². The molecule has 0 amide bonds. The number of hydrogen-bond donors (Lipinski definition) is 0. The van der Waals surface area contributed by atoms with Gasteiger partial charge in [-0.2, -0.15) is 0 Å². The summed E-state index contributed by atoms with van der Waals surface area (Å²) in [6, 6.07) is 10.3. The molecule has 8 nitrogen and oxygen atoms in total. The highest BCUT2D eigenvalue weighted by atomic mass is 19.1. The van der Waals surface area contributed by atoms with Crippen LogP contribution < -0.4 is 11.2 Å². The van der Waals surface area contributed by atoms with E-state index in [4.69, 9.17) is 0 Å². The van der Waals surface area contributed by atoms with Crippen LogP contribution in [0, 0.1) is 11.6 Å². The third-order valence-electron chi connectivity index (χ3n) is 4.79. The van der Waals surface area contributed by atoms with Crippen LogP contribution in [0.5, 0.6) is 0 Å². The number of methoxy groups -OCH3 is 1. The largest absolute Gasteiger partial charge is 0.463 e. The Bertz CT molecular complexity index is 1330. The Morgan fingerprint density at radius 2 is 1.36 bits per heavy atom. The monoisotopic (exact) mass is 456 g/mol. The van der Waals surface area contributed by atoms with Crippen LogP contribution in [0.4, 0.5) is 8.78 Å². The van der Waals surface area contributed by atoms with E-state index in [-0.39, 0.29) is 13.1 Å². The number of hydrogen-bond acceptors (Lipinski definition) is 6. The molecular formula is C23H18F2N2O6. The van der Waals surface area contributed by atoms with Crippen LogP contribution >= 0.6 is 0 Å². The standard InChI is InChI=1S/C23H18F2N2O6/c1-33-22(31)20(29)10-19(28)18-13-26(11-14-2-6-16(24)7-3-14)23(32)27(21(18)30)12-15-4-8-17(25)9-5-15/h2-9,13H,10-12H2,1H3. The highest BCUT2D eigenvalue weighted by Gasteiger charge is 2.24. The van der Waals surface area contributed by atoms with Crippen molar-refractivity contribution in [2.75, 3.05) is 7.11 Å². The molecule has 0 saturated carbocycles. The fraction of sp³-hybridized carbons (Fsp3) is 0.174. The molecule has 3 rings (SSSR count). The summed E-state index contributed by atoms with van der Waals surface area (Å²) in [5.41, 5.74) is -1.31. The number of carbonyl (C=O) groups excluding carboxylic acids is 3. The van der Waals surface area contributed by atoms with E-state index in [2.05, 4.69) is 4.74 Å². The summed E-state index contributed by atoms with van der Waals surface area (Å²) in [6.45, 7) is -0.374. The Kier molecular flexibility index (Phi) is 7.07. The van der Waals surface area contributed by atoms with Crippen molar-refractivity contribution in [2.24, 2.45) is 0 Å². The number of benzene rings is 2. The number of ketones is 2. The minimum atomic E-state index is -1.24. The molecule has 170 valence electrons. The van der Waals surface area contributed by atoms with Gasteiger partial charge in [0.15, 0.2) is 5.78 Å². The maximum absolute atomic E-state index is 13.2. The SMILES string of the molecule is COC(=O)C(=O)CC(=O)c1cn(Cc2ccc(F)cc2)c(=O)n(Cc2ccc(F)cc2)c1=O. The molecule has 0 unspecified atom stereocenters. The van der Waals surface area contributed by atoms with Crippen molar-refractivity contribution < 1.29 is 27.9 Å². The molecule has 0 spiro atoms. The molecule has 0 atom stereocenters. The molecule has 0 aliphatic rings. The van der Waals surface area contributed by atoms with Gasteiger partial charge in [0.1, 0.15) is 11.6 Å². The van der Waals surface area contributed by atoms with Gasteiger partial charge >= 0.3 is 11.7 Å². The molecule has 0 saturated heterocycles. The Morgan fingerprint density at radius 1 is 0.848 bits per heavy atom. The molecule has 2 aromatic carbocycles. The van der Waals surface area contributed by atoms with Crippen molar-refractivity contribution in [3.8, 4) is 0 Å². The second kappa shape index (κ2) is 9.94.